The highest BCUT2D eigenvalue weighted by atomic mass is 32.2. The number of piperidine rings is 1. The molecular weight excluding hydrogens is 314 g/mol. The zero-order chi connectivity index (χ0) is 16.2. The van der Waals surface area contributed by atoms with Crippen LogP contribution < -0.4 is 0 Å². The van der Waals surface area contributed by atoms with E-state index < -0.39 is 9.68 Å². The number of hydrogen-bond acceptors (Lipinski definition) is 6. The molecule has 23 heavy (non-hydrogen) atoms. The standard InChI is InChI=1S/C17H19NO4S/c1-18-12-8-9-13(18)17(15(20)21-2)16(10-12,23-17)22-14(19)11-6-4-3-5-7-11/h3-7,12-13H,8-10H2,1-2H3/t12-,13+,16+,17-/m1/s1. The SMILES string of the molecule is COC(=O)[C@@]12S[C@@]1(OC(=O)c1ccccc1)C[C@H]1CC[C@@H]2N1C. The number of fused-ring (bicyclic) bond motifs is 4. The van der Waals surface area contributed by atoms with E-state index in [4.69, 9.17) is 9.47 Å². The average Bonchev–Trinajstić information content (AvgIpc) is 3.13. The lowest BCUT2D eigenvalue weighted by atomic mass is 9.87. The molecule has 3 aliphatic rings. The Morgan fingerprint density at radius 3 is 2.70 bits per heavy atom. The zero-order valence-corrected chi connectivity index (χ0v) is 14.0. The third-order valence-electron chi connectivity index (χ3n) is 5.42. The molecule has 1 aromatic rings. The monoisotopic (exact) mass is 333 g/mol. The van der Waals surface area contributed by atoms with Crippen LogP contribution in [0.1, 0.15) is 29.6 Å². The normalized spacial score (nSPS) is 37.8. The number of esters is 2. The van der Waals surface area contributed by atoms with Gasteiger partial charge in [0.25, 0.3) is 0 Å². The molecule has 0 radical (unpaired) electrons. The molecule has 5 nitrogen and oxygen atoms in total. The first-order chi connectivity index (χ1) is 11.0. The van der Waals surface area contributed by atoms with Gasteiger partial charge < -0.3 is 9.47 Å². The molecule has 0 N–H and O–H groups in total. The van der Waals surface area contributed by atoms with Gasteiger partial charge in [0.05, 0.1) is 12.7 Å². The Hall–Kier alpha value is -1.53. The van der Waals surface area contributed by atoms with Crippen molar-refractivity contribution in [3.8, 4) is 0 Å². The van der Waals surface area contributed by atoms with Crippen molar-refractivity contribution in [1.82, 2.24) is 4.90 Å². The largest absolute Gasteiger partial charge is 0.468 e. The summed E-state index contributed by atoms with van der Waals surface area (Å²) in [5.74, 6) is -0.645. The van der Waals surface area contributed by atoms with E-state index in [0.717, 1.165) is 12.8 Å². The third kappa shape index (κ3) is 1.91. The van der Waals surface area contributed by atoms with Crippen LogP contribution in [0, 0.1) is 0 Å². The van der Waals surface area contributed by atoms with Crippen molar-refractivity contribution in [1.29, 1.82) is 0 Å². The summed E-state index contributed by atoms with van der Waals surface area (Å²) in [7, 11) is 3.45. The molecule has 4 rings (SSSR count). The van der Waals surface area contributed by atoms with Gasteiger partial charge in [0.2, 0.25) is 0 Å². The predicted molar refractivity (Wildman–Crippen MR) is 86.1 cm³/mol. The summed E-state index contributed by atoms with van der Waals surface area (Å²) in [6.07, 6.45) is 2.65. The quantitative estimate of drug-likeness (QED) is 0.623. The molecule has 3 aliphatic heterocycles. The Morgan fingerprint density at radius 2 is 2.00 bits per heavy atom. The number of benzene rings is 1. The van der Waals surface area contributed by atoms with Gasteiger partial charge >= 0.3 is 11.9 Å². The second-order valence-electron chi connectivity index (χ2n) is 6.45. The molecular formula is C17H19NO4S. The van der Waals surface area contributed by atoms with E-state index in [-0.39, 0.29) is 18.0 Å². The molecule has 0 aliphatic carbocycles. The van der Waals surface area contributed by atoms with Crippen LogP contribution in [0.15, 0.2) is 30.3 Å². The number of ether oxygens (including phenoxy) is 2. The Morgan fingerprint density at radius 1 is 1.26 bits per heavy atom. The van der Waals surface area contributed by atoms with Crippen LogP contribution in [0.25, 0.3) is 0 Å². The van der Waals surface area contributed by atoms with Gasteiger partial charge in [-0.1, -0.05) is 30.0 Å². The van der Waals surface area contributed by atoms with Gasteiger partial charge in [-0.2, -0.15) is 0 Å². The number of carbonyl (C=O) groups is 2. The van der Waals surface area contributed by atoms with Gasteiger partial charge in [-0.05, 0) is 32.0 Å². The van der Waals surface area contributed by atoms with E-state index in [1.54, 1.807) is 24.3 Å². The minimum absolute atomic E-state index is 0.0715. The predicted octanol–water partition coefficient (Wildman–Crippen LogP) is 2.06. The maximum absolute atomic E-state index is 12.5. The fourth-order valence-electron chi connectivity index (χ4n) is 4.21. The van der Waals surface area contributed by atoms with Crippen molar-refractivity contribution >= 4 is 23.7 Å². The van der Waals surface area contributed by atoms with Crippen molar-refractivity contribution in [3.05, 3.63) is 35.9 Å². The van der Waals surface area contributed by atoms with Crippen LogP contribution in [-0.2, 0) is 14.3 Å². The second kappa shape index (κ2) is 4.98. The lowest BCUT2D eigenvalue weighted by Gasteiger charge is -2.38. The Balaban J connectivity index is 1.65. The molecule has 4 atom stereocenters. The van der Waals surface area contributed by atoms with Gasteiger partial charge in [-0.25, -0.2) is 4.79 Å². The van der Waals surface area contributed by atoms with Crippen LogP contribution >= 0.6 is 11.8 Å². The molecule has 3 saturated heterocycles. The molecule has 0 saturated carbocycles. The van der Waals surface area contributed by atoms with E-state index >= 15 is 0 Å². The number of rotatable bonds is 3. The first-order valence-corrected chi connectivity index (χ1v) is 8.64. The van der Waals surface area contributed by atoms with Crippen LogP contribution in [0.4, 0.5) is 0 Å². The van der Waals surface area contributed by atoms with Crippen molar-refractivity contribution in [2.75, 3.05) is 14.2 Å². The highest BCUT2D eigenvalue weighted by Crippen LogP contribution is 2.74. The number of hydrogen-bond donors (Lipinski definition) is 0. The van der Waals surface area contributed by atoms with Crippen LogP contribution in [0.2, 0.25) is 0 Å². The van der Waals surface area contributed by atoms with Crippen molar-refractivity contribution in [2.45, 2.75) is 41.0 Å². The first kappa shape index (κ1) is 15.0. The van der Waals surface area contributed by atoms with Gasteiger partial charge in [-0.15, -0.1) is 0 Å². The highest BCUT2D eigenvalue weighted by molar-refractivity contribution is 8.10. The van der Waals surface area contributed by atoms with Gasteiger partial charge in [-0.3, -0.25) is 9.69 Å². The lowest BCUT2D eigenvalue weighted by Crippen LogP contribution is -2.57. The molecule has 3 fully saturated rings. The molecule has 6 heteroatoms. The van der Waals surface area contributed by atoms with E-state index in [1.807, 2.05) is 6.07 Å². The molecule has 0 aromatic heterocycles. The van der Waals surface area contributed by atoms with Crippen LogP contribution in [0.3, 0.4) is 0 Å². The molecule has 2 bridgehead atoms. The Kier molecular flexibility index (Phi) is 3.25. The number of carbonyl (C=O) groups excluding carboxylic acids is 2. The molecule has 0 amide bonds. The highest BCUT2D eigenvalue weighted by Gasteiger charge is 2.85. The number of nitrogens with zero attached hydrogens (tertiary/aromatic N) is 1. The second-order valence-corrected chi connectivity index (χ2v) is 7.96. The topological polar surface area (TPSA) is 55.8 Å². The molecule has 3 heterocycles. The maximum Gasteiger partial charge on any atom is 0.339 e. The number of methoxy groups -OCH3 is 1. The summed E-state index contributed by atoms with van der Waals surface area (Å²) in [6, 6.07) is 9.36. The summed E-state index contributed by atoms with van der Waals surface area (Å²) >= 11 is 1.46. The maximum atomic E-state index is 12.5. The van der Waals surface area contributed by atoms with Crippen molar-refractivity contribution < 1.29 is 19.1 Å². The van der Waals surface area contributed by atoms with E-state index in [2.05, 4.69) is 11.9 Å². The summed E-state index contributed by atoms with van der Waals surface area (Å²) in [4.78, 5) is 26.5. The van der Waals surface area contributed by atoms with Gasteiger partial charge in [0, 0.05) is 18.5 Å². The van der Waals surface area contributed by atoms with Crippen molar-refractivity contribution in [3.63, 3.8) is 0 Å². The molecule has 122 valence electrons. The Bertz CT molecular complexity index is 666. The molecule has 0 spiro atoms. The van der Waals surface area contributed by atoms with Crippen molar-refractivity contribution in [2.24, 2.45) is 0 Å². The molecule has 0 unspecified atom stereocenters. The van der Waals surface area contributed by atoms with E-state index in [9.17, 15) is 9.59 Å². The summed E-state index contributed by atoms with van der Waals surface area (Å²) < 4.78 is 10.2. The molecule has 1 aromatic carbocycles. The van der Waals surface area contributed by atoms with Crippen LogP contribution in [-0.4, -0.2) is 52.8 Å². The Labute approximate surface area is 139 Å². The zero-order valence-electron chi connectivity index (χ0n) is 13.2. The smallest absolute Gasteiger partial charge is 0.339 e. The average molecular weight is 333 g/mol. The lowest BCUT2D eigenvalue weighted by molar-refractivity contribution is -0.149. The summed E-state index contributed by atoms with van der Waals surface area (Å²) in [5.41, 5.74) is 0.513. The fraction of sp³-hybridized carbons (Fsp3) is 0.529. The number of thioether (sulfide) groups is 1. The summed E-state index contributed by atoms with van der Waals surface area (Å²) in [6.45, 7) is 0. The van der Waals surface area contributed by atoms with Gasteiger partial charge in [0.1, 0.15) is 0 Å². The minimum Gasteiger partial charge on any atom is -0.468 e. The minimum atomic E-state index is -0.772. The van der Waals surface area contributed by atoms with E-state index in [0.29, 0.717) is 18.0 Å². The van der Waals surface area contributed by atoms with Gasteiger partial charge in [0.15, 0.2) is 9.68 Å². The summed E-state index contributed by atoms with van der Waals surface area (Å²) in [5, 5.41) is 0. The van der Waals surface area contributed by atoms with E-state index in [1.165, 1.54) is 18.9 Å². The fourth-order valence-corrected chi connectivity index (χ4v) is 6.01. The van der Waals surface area contributed by atoms with Crippen LogP contribution in [0.5, 0.6) is 0 Å². The third-order valence-corrected chi connectivity index (χ3v) is 7.21. The first-order valence-electron chi connectivity index (χ1n) is 7.83.